The van der Waals surface area contributed by atoms with Crippen LogP contribution in [0.15, 0.2) is 47.1 Å². The Morgan fingerprint density at radius 1 is 1.32 bits per heavy atom. The Bertz CT molecular complexity index is 843. The van der Waals surface area contributed by atoms with Crippen LogP contribution in [0.1, 0.15) is 17.3 Å². The average Bonchev–Trinajstić information content (AvgIpc) is 2.86. The molecular formula is C16H12BrFN2O2. The standard InChI is InChI=1S/C16H12BrFN2O2/c1-2-22-16(21)14-13-9-11(17)7-8-20(13)19-15(14)10-3-5-12(18)6-4-10/h3-9H,2H2,1H3. The van der Waals surface area contributed by atoms with Gasteiger partial charge >= 0.3 is 5.97 Å². The maximum absolute atomic E-state index is 13.1. The third kappa shape index (κ3) is 2.62. The van der Waals surface area contributed by atoms with E-state index in [1.165, 1.54) is 12.1 Å². The highest BCUT2D eigenvalue weighted by atomic mass is 79.9. The summed E-state index contributed by atoms with van der Waals surface area (Å²) in [5.41, 5.74) is 2.13. The molecule has 0 atom stereocenters. The van der Waals surface area contributed by atoms with Gasteiger partial charge in [-0.1, -0.05) is 15.9 Å². The van der Waals surface area contributed by atoms with Gasteiger partial charge < -0.3 is 4.74 Å². The van der Waals surface area contributed by atoms with Crippen LogP contribution in [0, 0.1) is 5.82 Å². The van der Waals surface area contributed by atoms with Gasteiger partial charge in [0, 0.05) is 16.2 Å². The van der Waals surface area contributed by atoms with Crippen molar-refractivity contribution in [1.29, 1.82) is 0 Å². The van der Waals surface area contributed by atoms with E-state index in [-0.39, 0.29) is 12.4 Å². The number of aromatic nitrogens is 2. The Kier molecular flexibility index (Phi) is 3.94. The van der Waals surface area contributed by atoms with Crippen molar-refractivity contribution in [3.05, 3.63) is 58.4 Å². The van der Waals surface area contributed by atoms with E-state index in [9.17, 15) is 9.18 Å². The van der Waals surface area contributed by atoms with Crippen molar-refractivity contribution >= 4 is 27.4 Å². The number of fused-ring (bicyclic) bond motifs is 1. The average molecular weight is 363 g/mol. The number of benzene rings is 1. The van der Waals surface area contributed by atoms with Gasteiger partial charge in [0.25, 0.3) is 0 Å². The van der Waals surface area contributed by atoms with Crippen LogP contribution in [0.4, 0.5) is 4.39 Å². The second-order valence-electron chi connectivity index (χ2n) is 4.63. The largest absolute Gasteiger partial charge is 0.462 e. The zero-order valence-corrected chi connectivity index (χ0v) is 13.3. The summed E-state index contributed by atoms with van der Waals surface area (Å²) in [6.45, 7) is 2.02. The van der Waals surface area contributed by atoms with E-state index in [0.717, 1.165) is 4.47 Å². The molecule has 0 spiro atoms. The maximum atomic E-state index is 13.1. The van der Waals surface area contributed by atoms with Crippen LogP contribution < -0.4 is 0 Å². The predicted octanol–water partition coefficient (Wildman–Crippen LogP) is 4.08. The second-order valence-corrected chi connectivity index (χ2v) is 5.54. The van der Waals surface area contributed by atoms with Crippen molar-refractivity contribution < 1.29 is 13.9 Å². The molecule has 0 saturated heterocycles. The first-order chi connectivity index (χ1) is 10.6. The molecule has 6 heteroatoms. The molecule has 112 valence electrons. The third-order valence-corrected chi connectivity index (χ3v) is 3.69. The van der Waals surface area contributed by atoms with Crippen LogP contribution in [0.25, 0.3) is 16.8 Å². The first kappa shape index (κ1) is 14.7. The fraction of sp³-hybridized carbons (Fsp3) is 0.125. The van der Waals surface area contributed by atoms with E-state index in [0.29, 0.717) is 22.3 Å². The number of hydrogen-bond donors (Lipinski definition) is 0. The second kappa shape index (κ2) is 5.88. The SMILES string of the molecule is CCOC(=O)c1c(-c2ccc(F)cc2)nn2ccc(Br)cc12. The fourth-order valence-corrected chi connectivity index (χ4v) is 2.57. The summed E-state index contributed by atoms with van der Waals surface area (Å²) in [5.74, 6) is -0.789. The van der Waals surface area contributed by atoms with Crippen molar-refractivity contribution in [2.45, 2.75) is 6.92 Å². The normalized spacial score (nSPS) is 10.9. The number of carbonyl (C=O) groups excluding carboxylic acids is 1. The fourth-order valence-electron chi connectivity index (χ4n) is 2.23. The Hall–Kier alpha value is -2.21. The molecule has 0 aliphatic heterocycles. The number of carbonyl (C=O) groups is 1. The first-order valence-corrected chi connectivity index (χ1v) is 7.50. The summed E-state index contributed by atoms with van der Waals surface area (Å²) in [5, 5.41) is 4.43. The number of hydrogen-bond acceptors (Lipinski definition) is 3. The van der Waals surface area contributed by atoms with Gasteiger partial charge in [-0.25, -0.2) is 13.7 Å². The van der Waals surface area contributed by atoms with Crippen molar-refractivity contribution in [1.82, 2.24) is 9.61 Å². The van der Waals surface area contributed by atoms with Crippen LogP contribution in [0.3, 0.4) is 0 Å². The minimum Gasteiger partial charge on any atom is -0.462 e. The molecule has 0 aliphatic carbocycles. The maximum Gasteiger partial charge on any atom is 0.342 e. The summed E-state index contributed by atoms with van der Waals surface area (Å²) < 4.78 is 20.7. The summed E-state index contributed by atoms with van der Waals surface area (Å²) in [6, 6.07) is 9.48. The van der Waals surface area contributed by atoms with E-state index in [2.05, 4.69) is 21.0 Å². The van der Waals surface area contributed by atoms with E-state index in [1.807, 2.05) is 6.07 Å². The molecule has 0 saturated carbocycles. The van der Waals surface area contributed by atoms with Gasteiger partial charge in [-0.3, -0.25) is 0 Å². The number of halogens is 2. The van der Waals surface area contributed by atoms with Crippen LogP contribution in [-0.2, 0) is 4.74 Å². The molecule has 0 fully saturated rings. The molecule has 3 rings (SSSR count). The van der Waals surface area contributed by atoms with Crippen molar-refractivity contribution in [3.63, 3.8) is 0 Å². The molecule has 4 nitrogen and oxygen atoms in total. The quantitative estimate of drug-likeness (QED) is 0.659. The van der Waals surface area contributed by atoms with Crippen molar-refractivity contribution in [3.8, 4) is 11.3 Å². The lowest BCUT2D eigenvalue weighted by atomic mass is 10.1. The lowest BCUT2D eigenvalue weighted by Gasteiger charge is -2.03. The smallest absolute Gasteiger partial charge is 0.342 e. The highest BCUT2D eigenvalue weighted by Crippen LogP contribution is 2.28. The monoisotopic (exact) mass is 362 g/mol. The molecule has 0 aliphatic rings. The minimum atomic E-state index is -0.449. The molecular weight excluding hydrogens is 351 g/mol. The topological polar surface area (TPSA) is 43.6 Å². The number of rotatable bonds is 3. The Morgan fingerprint density at radius 3 is 2.73 bits per heavy atom. The van der Waals surface area contributed by atoms with Crippen LogP contribution in [0.5, 0.6) is 0 Å². The molecule has 0 radical (unpaired) electrons. The molecule has 0 amide bonds. The lowest BCUT2D eigenvalue weighted by Crippen LogP contribution is -2.05. The molecule has 22 heavy (non-hydrogen) atoms. The van der Waals surface area contributed by atoms with E-state index >= 15 is 0 Å². The number of nitrogens with zero attached hydrogens (tertiary/aromatic N) is 2. The molecule has 0 unspecified atom stereocenters. The number of pyridine rings is 1. The summed E-state index contributed by atoms with van der Waals surface area (Å²) in [6.07, 6.45) is 1.75. The van der Waals surface area contributed by atoms with E-state index < -0.39 is 5.97 Å². The lowest BCUT2D eigenvalue weighted by molar-refractivity contribution is 0.0529. The minimum absolute atomic E-state index is 0.271. The van der Waals surface area contributed by atoms with Crippen molar-refractivity contribution in [2.24, 2.45) is 0 Å². The Balaban J connectivity index is 2.26. The summed E-state index contributed by atoms with van der Waals surface area (Å²) >= 11 is 3.39. The van der Waals surface area contributed by atoms with Crippen molar-refractivity contribution in [2.75, 3.05) is 6.61 Å². The number of ether oxygens (including phenoxy) is 1. The van der Waals surface area contributed by atoms with Gasteiger partial charge in [-0.2, -0.15) is 5.10 Å². The van der Waals surface area contributed by atoms with Gasteiger partial charge in [-0.15, -0.1) is 0 Å². The van der Waals surface area contributed by atoms with E-state index in [4.69, 9.17) is 4.74 Å². The van der Waals surface area contributed by atoms with Gasteiger partial charge in [0.05, 0.1) is 12.1 Å². The molecule has 1 aromatic carbocycles. The Labute approximate surface area is 134 Å². The van der Waals surface area contributed by atoms with E-state index in [1.54, 1.807) is 35.8 Å². The summed E-state index contributed by atoms with van der Waals surface area (Å²) in [4.78, 5) is 12.3. The molecule has 2 aromatic heterocycles. The van der Waals surface area contributed by atoms with Crippen LogP contribution in [0.2, 0.25) is 0 Å². The zero-order chi connectivity index (χ0) is 15.7. The Morgan fingerprint density at radius 2 is 2.05 bits per heavy atom. The molecule has 3 aromatic rings. The van der Waals surface area contributed by atoms with Gasteiger partial charge in [0.15, 0.2) is 0 Å². The zero-order valence-electron chi connectivity index (χ0n) is 11.7. The van der Waals surface area contributed by atoms with Crippen LogP contribution >= 0.6 is 15.9 Å². The molecule has 0 bridgehead atoms. The molecule has 2 heterocycles. The first-order valence-electron chi connectivity index (χ1n) is 6.71. The van der Waals surface area contributed by atoms with Gasteiger partial charge in [-0.05, 0) is 43.3 Å². The molecule has 0 N–H and O–H groups in total. The van der Waals surface area contributed by atoms with Gasteiger partial charge in [0.2, 0.25) is 0 Å². The van der Waals surface area contributed by atoms with Crippen LogP contribution in [-0.4, -0.2) is 22.2 Å². The highest BCUT2D eigenvalue weighted by molar-refractivity contribution is 9.10. The summed E-state index contributed by atoms with van der Waals surface area (Å²) in [7, 11) is 0. The number of esters is 1. The third-order valence-electron chi connectivity index (χ3n) is 3.19. The van der Waals surface area contributed by atoms with Gasteiger partial charge in [0.1, 0.15) is 17.1 Å². The highest BCUT2D eigenvalue weighted by Gasteiger charge is 2.22. The predicted molar refractivity (Wildman–Crippen MR) is 84.2 cm³/mol.